The fourth-order valence-electron chi connectivity index (χ4n) is 3.98. The van der Waals surface area contributed by atoms with Crippen molar-refractivity contribution in [3.63, 3.8) is 0 Å². The van der Waals surface area contributed by atoms with E-state index in [0.29, 0.717) is 5.92 Å². The number of hydrogen-bond acceptors (Lipinski definition) is 2. The normalized spacial score (nSPS) is 15.6. The van der Waals surface area contributed by atoms with E-state index in [1.807, 2.05) is 0 Å². The molecule has 0 aliphatic heterocycles. The van der Waals surface area contributed by atoms with E-state index < -0.39 is 0 Å². The highest BCUT2D eigenvalue weighted by molar-refractivity contribution is 5.86. The molecule has 2 N–H and O–H groups in total. The molecule has 24 heavy (non-hydrogen) atoms. The predicted octanol–water partition coefficient (Wildman–Crippen LogP) is 4.81. The van der Waals surface area contributed by atoms with Gasteiger partial charge in [0.2, 0.25) is 0 Å². The van der Waals surface area contributed by atoms with Crippen molar-refractivity contribution >= 4 is 10.8 Å². The Bertz CT molecular complexity index is 629. The summed E-state index contributed by atoms with van der Waals surface area (Å²) in [5.41, 5.74) is 7.96. The minimum atomic E-state index is 0.0714. The zero-order valence-electron chi connectivity index (χ0n) is 15.9. The van der Waals surface area contributed by atoms with Gasteiger partial charge in [-0.2, -0.15) is 0 Å². The van der Waals surface area contributed by atoms with Crippen LogP contribution in [0.5, 0.6) is 0 Å². The smallest absolute Gasteiger partial charge is 0.0107 e. The van der Waals surface area contributed by atoms with Gasteiger partial charge in [0.25, 0.3) is 0 Å². The molecule has 0 aromatic heterocycles. The molecule has 0 saturated carbocycles. The Kier molecular flexibility index (Phi) is 6.82. The van der Waals surface area contributed by atoms with Crippen molar-refractivity contribution in [2.45, 2.75) is 44.9 Å². The summed E-state index contributed by atoms with van der Waals surface area (Å²) in [5, 5.41) is 2.70. The molecule has 2 aromatic carbocycles. The molecule has 2 aromatic rings. The Morgan fingerprint density at radius 1 is 1.04 bits per heavy atom. The Labute approximate surface area is 148 Å². The van der Waals surface area contributed by atoms with Crippen molar-refractivity contribution in [3.05, 3.63) is 48.0 Å². The van der Waals surface area contributed by atoms with Crippen LogP contribution in [0.15, 0.2) is 42.5 Å². The van der Waals surface area contributed by atoms with Crippen molar-refractivity contribution in [3.8, 4) is 0 Å². The van der Waals surface area contributed by atoms with Crippen molar-refractivity contribution in [1.29, 1.82) is 0 Å². The van der Waals surface area contributed by atoms with Gasteiger partial charge in [-0.1, -0.05) is 69.2 Å². The zero-order chi connectivity index (χ0) is 17.6. The number of nitrogens with zero attached hydrogens (tertiary/aromatic N) is 1. The lowest BCUT2D eigenvalue weighted by molar-refractivity contribution is 0.255. The van der Waals surface area contributed by atoms with E-state index in [-0.39, 0.29) is 5.41 Å². The Balaban J connectivity index is 2.40. The SMILES string of the molecule is CCC(C)C(CN)(CCCCN(C)C)c1cccc2ccccc12. The van der Waals surface area contributed by atoms with E-state index in [0.717, 1.165) is 19.5 Å². The Hall–Kier alpha value is -1.38. The first-order valence-corrected chi connectivity index (χ1v) is 9.38. The van der Waals surface area contributed by atoms with Crippen molar-refractivity contribution in [2.24, 2.45) is 11.7 Å². The molecular weight excluding hydrogens is 292 g/mol. The zero-order valence-corrected chi connectivity index (χ0v) is 15.9. The monoisotopic (exact) mass is 326 g/mol. The predicted molar refractivity (Wildman–Crippen MR) is 107 cm³/mol. The maximum absolute atomic E-state index is 6.44. The highest BCUT2D eigenvalue weighted by atomic mass is 15.0. The second-order valence-electron chi connectivity index (χ2n) is 7.46. The van der Waals surface area contributed by atoms with E-state index in [9.17, 15) is 0 Å². The fourth-order valence-corrected chi connectivity index (χ4v) is 3.98. The Morgan fingerprint density at radius 2 is 1.75 bits per heavy atom. The topological polar surface area (TPSA) is 29.3 Å². The molecule has 2 rings (SSSR count). The molecule has 0 aliphatic carbocycles. The van der Waals surface area contributed by atoms with Crippen molar-refractivity contribution in [1.82, 2.24) is 4.90 Å². The highest BCUT2D eigenvalue weighted by Crippen LogP contribution is 2.41. The van der Waals surface area contributed by atoms with Gasteiger partial charge in [0.15, 0.2) is 0 Å². The first-order chi connectivity index (χ1) is 11.5. The van der Waals surface area contributed by atoms with Gasteiger partial charge in [-0.15, -0.1) is 0 Å². The summed E-state index contributed by atoms with van der Waals surface area (Å²) in [6.45, 7) is 6.54. The van der Waals surface area contributed by atoms with Crippen LogP contribution in [0, 0.1) is 5.92 Å². The van der Waals surface area contributed by atoms with Gasteiger partial charge in [-0.05, 0) is 55.7 Å². The lowest BCUT2D eigenvalue weighted by Gasteiger charge is -2.40. The van der Waals surface area contributed by atoms with Gasteiger partial charge in [-0.25, -0.2) is 0 Å². The molecule has 2 unspecified atom stereocenters. The maximum atomic E-state index is 6.44. The van der Waals surface area contributed by atoms with Crippen LogP contribution in [0.1, 0.15) is 45.1 Å². The first kappa shape index (κ1) is 19.0. The standard InChI is InChI=1S/C22H34N2/c1-5-18(2)22(17-23,15-8-9-16-24(3)4)21-14-10-12-19-11-6-7-13-20(19)21/h6-7,10-14,18H,5,8-9,15-17,23H2,1-4H3. The van der Waals surface area contributed by atoms with E-state index in [4.69, 9.17) is 5.73 Å². The third kappa shape index (κ3) is 3.99. The third-order valence-corrected chi connectivity index (χ3v) is 5.72. The van der Waals surface area contributed by atoms with Crippen molar-refractivity contribution < 1.29 is 0 Å². The average Bonchev–Trinajstić information content (AvgIpc) is 2.61. The van der Waals surface area contributed by atoms with Crippen LogP contribution in [0.3, 0.4) is 0 Å². The summed E-state index contributed by atoms with van der Waals surface area (Å²) >= 11 is 0. The molecule has 0 aliphatic rings. The molecule has 132 valence electrons. The molecule has 2 heteroatoms. The molecule has 2 nitrogen and oxygen atoms in total. The van der Waals surface area contributed by atoms with E-state index >= 15 is 0 Å². The Morgan fingerprint density at radius 3 is 2.42 bits per heavy atom. The van der Waals surface area contributed by atoms with Gasteiger partial charge in [-0.3, -0.25) is 0 Å². The molecule has 0 spiro atoms. The molecule has 0 fully saturated rings. The van der Waals surface area contributed by atoms with Crippen molar-refractivity contribution in [2.75, 3.05) is 27.2 Å². The number of fused-ring (bicyclic) bond motifs is 1. The minimum Gasteiger partial charge on any atom is -0.330 e. The minimum absolute atomic E-state index is 0.0714. The number of hydrogen-bond donors (Lipinski definition) is 1. The van der Waals surface area contributed by atoms with E-state index in [2.05, 4.69) is 75.3 Å². The first-order valence-electron chi connectivity index (χ1n) is 9.38. The second kappa shape index (κ2) is 8.64. The highest BCUT2D eigenvalue weighted by Gasteiger charge is 2.36. The molecule has 2 atom stereocenters. The van der Waals surface area contributed by atoms with Gasteiger partial charge in [0, 0.05) is 12.0 Å². The van der Waals surface area contributed by atoms with Crippen LogP contribution in [0.4, 0.5) is 0 Å². The molecule has 0 bridgehead atoms. The summed E-state index contributed by atoms with van der Waals surface area (Å²) in [6.07, 6.45) is 4.79. The largest absolute Gasteiger partial charge is 0.330 e. The molecule has 0 radical (unpaired) electrons. The molecular formula is C22H34N2. The van der Waals surface area contributed by atoms with Gasteiger partial charge >= 0.3 is 0 Å². The number of rotatable bonds is 9. The van der Waals surface area contributed by atoms with Crippen LogP contribution < -0.4 is 5.73 Å². The molecule has 0 heterocycles. The van der Waals surface area contributed by atoms with Crippen LogP contribution >= 0.6 is 0 Å². The summed E-state index contributed by atoms with van der Waals surface area (Å²) in [6, 6.07) is 15.5. The van der Waals surface area contributed by atoms with Crippen LogP contribution in [0.2, 0.25) is 0 Å². The van der Waals surface area contributed by atoms with Crippen LogP contribution in [0.25, 0.3) is 10.8 Å². The third-order valence-electron chi connectivity index (χ3n) is 5.72. The van der Waals surface area contributed by atoms with Crippen LogP contribution in [-0.2, 0) is 5.41 Å². The van der Waals surface area contributed by atoms with Gasteiger partial charge < -0.3 is 10.6 Å². The summed E-state index contributed by atoms with van der Waals surface area (Å²) in [4.78, 5) is 2.27. The number of benzene rings is 2. The van der Waals surface area contributed by atoms with Gasteiger partial charge in [0.1, 0.15) is 0 Å². The van der Waals surface area contributed by atoms with Crippen LogP contribution in [-0.4, -0.2) is 32.1 Å². The fraction of sp³-hybridized carbons (Fsp3) is 0.545. The summed E-state index contributed by atoms with van der Waals surface area (Å²) in [5.74, 6) is 0.577. The molecule has 0 amide bonds. The molecule has 0 saturated heterocycles. The van der Waals surface area contributed by atoms with E-state index in [1.165, 1.54) is 35.6 Å². The second-order valence-corrected chi connectivity index (χ2v) is 7.46. The summed E-state index contributed by atoms with van der Waals surface area (Å²) < 4.78 is 0. The van der Waals surface area contributed by atoms with E-state index in [1.54, 1.807) is 0 Å². The lowest BCUT2D eigenvalue weighted by Crippen LogP contribution is -2.41. The maximum Gasteiger partial charge on any atom is 0.0107 e. The lowest BCUT2D eigenvalue weighted by atomic mass is 9.66. The summed E-state index contributed by atoms with van der Waals surface area (Å²) in [7, 11) is 4.30. The average molecular weight is 327 g/mol. The van der Waals surface area contributed by atoms with Gasteiger partial charge in [0.05, 0.1) is 0 Å². The number of unbranched alkanes of at least 4 members (excludes halogenated alkanes) is 1. The number of nitrogens with two attached hydrogens (primary N) is 1. The quantitative estimate of drug-likeness (QED) is 0.670.